The Morgan fingerprint density at radius 1 is 1.14 bits per heavy atom. The molecule has 2 rings (SSSR count). The van der Waals surface area contributed by atoms with Crippen LogP contribution in [0.4, 0.5) is 0 Å². The Balaban J connectivity index is 2.17. The molecule has 3 nitrogen and oxygen atoms in total. The van der Waals surface area contributed by atoms with E-state index in [0.717, 1.165) is 16.7 Å². The predicted molar refractivity (Wildman–Crippen MR) is 87.1 cm³/mol. The number of rotatable bonds is 3. The Bertz CT molecular complexity index is 667. The number of carbonyl (C=O) groups is 1. The Morgan fingerprint density at radius 2 is 1.77 bits per heavy atom. The molecule has 22 heavy (non-hydrogen) atoms. The largest absolute Gasteiger partial charge is 0.507 e. The summed E-state index contributed by atoms with van der Waals surface area (Å²) in [4.78, 5) is 12.0. The predicted octanol–water partition coefficient (Wildman–Crippen LogP) is 4.36. The second-order valence-corrected chi connectivity index (χ2v) is 6.50. The first-order valence-corrected chi connectivity index (χ1v) is 7.34. The molecule has 2 aromatic rings. The van der Waals surface area contributed by atoms with Crippen LogP contribution in [0.25, 0.3) is 0 Å². The fourth-order valence-electron chi connectivity index (χ4n) is 2.32. The zero-order chi connectivity index (χ0) is 16.3. The van der Waals surface area contributed by atoms with Gasteiger partial charge in [0.1, 0.15) is 12.4 Å². The van der Waals surface area contributed by atoms with E-state index in [1.165, 1.54) is 0 Å². The summed E-state index contributed by atoms with van der Waals surface area (Å²) in [7, 11) is 0. The minimum absolute atomic E-state index is 0.172. The maximum absolute atomic E-state index is 12.0. The zero-order valence-electron chi connectivity index (χ0n) is 13.5. The third-order valence-corrected chi connectivity index (χ3v) is 3.55. The van der Waals surface area contributed by atoms with Crippen LogP contribution in [0.1, 0.15) is 47.8 Å². The molecule has 0 aromatic heterocycles. The summed E-state index contributed by atoms with van der Waals surface area (Å²) in [6.45, 7) is 8.18. The number of aromatic hydroxyl groups is 1. The molecule has 0 heterocycles. The minimum Gasteiger partial charge on any atom is -0.507 e. The van der Waals surface area contributed by atoms with E-state index in [1.54, 1.807) is 24.3 Å². The Hall–Kier alpha value is -2.29. The Kier molecular flexibility index (Phi) is 4.55. The van der Waals surface area contributed by atoms with Crippen molar-refractivity contribution in [1.29, 1.82) is 0 Å². The molecule has 2 aromatic carbocycles. The van der Waals surface area contributed by atoms with E-state index in [2.05, 4.69) is 0 Å². The second-order valence-electron chi connectivity index (χ2n) is 6.50. The summed E-state index contributed by atoms with van der Waals surface area (Å²) in [5, 5.41) is 10.2. The molecule has 0 aliphatic rings. The first-order valence-electron chi connectivity index (χ1n) is 7.34. The molecule has 0 amide bonds. The number of phenolic OH excluding ortho intramolecular Hbond substituents is 1. The van der Waals surface area contributed by atoms with Crippen LogP contribution in [-0.2, 0) is 16.8 Å². The first kappa shape index (κ1) is 16.1. The number of benzene rings is 2. The molecule has 0 saturated heterocycles. The van der Waals surface area contributed by atoms with Gasteiger partial charge in [0, 0.05) is 0 Å². The highest BCUT2D eigenvalue weighted by atomic mass is 16.5. The summed E-state index contributed by atoms with van der Waals surface area (Å²) in [6.07, 6.45) is 0. The quantitative estimate of drug-likeness (QED) is 0.857. The van der Waals surface area contributed by atoms with Gasteiger partial charge in [-0.2, -0.15) is 0 Å². The second kappa shape index (κ2) is 6.22. The molecule has 116 valence electrons. The Labute approximate surface area is 131 Å². The Morgan fingerprint density at radius 3 is 2.36 bits per heavy atom. The zero-order valence-corrected chi connectivity index (χ0v) is 13.5. The number of carbonyl (C=O) groups excluding carboxylic acids is 1. The molecule has 3 heteroatoms. The number of ether oxygens (including phenoxy) is 1. The van der Waals surface area contributed by atoms with E-state index in [0.29, 0.717) is 11.3 Å². The number of hydrogen-bond donors (Lipinski definition) is 1. The summed E-state index contributed by atoms with van der Waals surface area (Å²) in [5.74, 6) is -0.0331. The van der Waals surface area contributed by atoms with Crippen LogP contribution in [-0.4, -0.2) is 11.1 Å². The lowest BCUT2D eigenvalue weighted by atomic mass is 9.84. The van der Waals surface area contributed by atoms with Crippen molar-refractivity contribution < 1.29 is 14.6 Å². The highest BCUT2D eigenvalue weighted by Crippen LogP contribution is 2.34. The van der Waals surface area contributed by atoms with Gasteiger partial charge in [0.25, 0.3) is 0 Å². The monoisotopic (exact) mass is 298 g/mol. The number of hydrogen-bond acceptors (Lipinski definition) is 3. The molecular formula is C19H22O3. The molecule has 0 spiro atoms. The first-order chi connectivity index (χ1) is 10.3. The summed E-state index contributed by atoms with van der Waals surface area (Å²) in [5.41, 5.74) is 2.89. The summed E-state index contributed by atoms with van der Waals surface area (Å²) < 4.78 is 5.36. The lowest BCUT2D eigenvalue weighted by Crippen LogP contribution is -2.13. The number of esters is 1. The van der Waals surface area contributed by atoms with Crippen molar-refractivity contribution in [3.05, 3.63) is 64.7 Å². The van der Waals surface area contributed by atoms with Gasteiger partial charge in [-0.25, -0.2) is 4.79 Å². The van der Waals surface area contributed by atoms with Gasteiger partial charge in [0.2, 0.25) is 0 Å². The maximum atomic E-state index is 12.0. The standard InChI is InChI=1S/C19H22O3/c1-13-10-14(11-16(17(13)20)19(2,3)4)12-22-18(21)15-8-6-5-7-9-15/h5-11,20H,12H2,1-4H3. The van der Waals surface area contributed by atoms with Crippen molar-refractivity contribution in [2.75, 3.05) is 0 Å². The van der Waals surface area contributed by atoms with Gasteiger partial charge < -0.3 is 9.84 Å². The van der Waals surface area contributed by atoms with Crippen LogP contribution in [0.3, 0.4) is 0 Å². The number of phenols is 1. The third-order valence-electron chi connectivity index (χ3n) is 3.55. The average Bonchev–Trinajstić information content (AvgIpc) is 2.47. The highest BCUT2D eigenvalue weighted by molar-refractivity contribution is 5.89. The van der Waals surface area contributed by atoms with Gasteiger partial charge >= 0.3 is 5.97 Å². The van der Waals surface area contributed by atoms with Gasteiger partial charge in [0.05, 0.1) is 5.56 Å². The van der Waals surface area contributed by atoms with E-state index in [1.807, 2.05) is 45.9 Å². The van der Waals surface area contributed by atoms with Crippen molar-refractivity contribution in [1.82, 2.24) is 0 Å². The third kappa shape index (κ3) is 3.67. The topological polar surface area (TPSA) is 46.5 Å². The van der Waals surface area contributed by atoms with Crippen molar-refractivity contribution in [3.63, 3.8) is 0 Å². The molecule has 0 unspecified atom stereocenters. The fraction of sp³-hybridized carbons (Fsp3) is 0.316. The van der Waals surface area contributed by atoms with Crippen LogP contribution in [0.15, 0.2) is 42.5 Å². The molecule has 0 aliphatic heterocycles. The SMILES string of the molecule is Cc1cc(COC(=O)c2ccccc2)cc(C(C)(C)C)c1O. The summed E-state index contributed by atoms with van der Waals surface area (Å²) >= 11 is 0. The normalized spacial score (nSPS) is 11.3. The molecule has 0 saturated carbocycles. The molecule has 0 atom stereocenters. The lowest BCUT2D eigenvalue weighted by Gasteiger charge is -2.22. The van der Waals surface area contributed by atoms with Crippen molar-refractivity contribution in [2.45, 2.75) is 39.7 Å². The van der Waals surface area contributed by atoms with E-state index in [9.17, 15) is 9.90 Å². The van der Waals surface area contributed by atoms with Crippen LogP contribution in [0.5, 0.6) is 5.75 Å². The van der Waals surface area contributed by atoms with Gasteiger partial charge in [-0.1, -0.05) is 39.0 Å². The molecule has 0 fully saturated rings. The van der Waals surface area contributed by atoms with E-state index >= 15 is 0 Å². The molecular weight excluding hydrogens is 276 g/mol. The van der Waals surface area contributed by atoms with Crippen molar-refractivity contribution in [3.8, 4) is 5.75 Å². The van der Waals surface area contributed by atoms with Crippen LogP contribution >= 0.6 is 0 Å². The van der Waals surface area contributed by atoms with E-state index < -0.39 is 0 Å². The van der Waals surface area contributed by atoms with Gasteiger partial charge in [-0.15, -0.1) is 0 Å². The maximum Gasteiger partial charge on any atom is 0.338 e. The lowest BCUT2D eigenvalue weighted by molar-refractivity contribution is 0.0472. The van der Waals surface area contributed by atoms with Gasteiger partial charge in [-0.3, -0.25) is 0 Å². The van der Waals surface area contributed by atoms with Gasteiger partial charge in [-0.05, 0) is 53.3 Å². The van der Waals surface area contributed by atoms with E-state index in [-0.39, 0.29) is 18.0 Å². The molecule has 0 bridgehead atoms. The van der Waals surface area contributed by atoms with Gasteiger partial charge in [0.15, 0.2) is 0 Å². The van der Waals surface area contributed by atoms with E-state index in [4.69, 9.17) is 4.74 Å². The van der Waals surface area contributed by atoms with Crippen LogP contribution in [0.2, 0.25) is 0 Å². The van der Waals surface area contributed by atoms with Crippen LogP contribution in [0, 0.1) is 6.92 Å². The summed E-state index contributed by atoms with van der Waals surface area (Å²) in [6, 6.07) is 12.7. The fourth-order valence-corrected chi connectivity index (χ4v) is 2.32. The average molecular weight is 298 g/mol. The molecule has 1 N–H and O–H groups in total. The minimum atomic E-state index is -0.344. The highest BCUT2D eigenvalue weighted by Gasteiger charge is 2.20. The smallest absolute Gasteiger partial charge is 0.338 e. The molecule has 0 aliphatic carbocycles. The van der Waals surface area contributed by atoms with Crippen molar-refractivity contribution >= 4 is 5.97 Å². The number of aryl methyl sites for hydroxylation is 1. The van der Waals surface area contributed by atoms with Crippen LogP contribution < -0.4 is 0 Å². The molecule has 0 radical (unpaired) electrons. The van der Waals surface area contributed by atoms with Crippen molar-refractivity contribution in [2.24, 2.45) is 0 Å².